The molecule has 1 saturated carbocycles. The summed E-state index contributed by atoms with van der Waals surface area (Å²) in [6.07, 6.45) is 2.64. The minimum Gasteiger partial charge on any atom is -0.478 e. The van der Waals surface area contributed by atoms with Gasteiger partial charge in [-0.15, -0.1) is 0 Å². The molecule has 0 atom stereocenters. The first-order chi connectivity index (χ1) is 9.15. The molecular formula is C14H17ClN2O2. The third kappa shape index (κ3) is 2.69. The minimum atomic E-state index is -0.915. The fourth-order valence-corrected chi connectivity index (χ4v) is 2.90. The summed E-state index contributed by atoms with van der Waals surface area (Å²) in [5.41, 5.74) is 1.08. The SMILES string of the molecule is O=C(O)c1cc(Cl)ccc1N1CCN(C2CC2)CC1. The van der Waals surface area contributed by atoms with Crippen molar-refractivity contribution < 1.29 is 9.90 Å². The Bertz CT molecular complexity index is 494. The van der Waals surface area contributed by atoms with Gasteiger partial charge in [0.1, 0.15) is 0 Å². The van der Waals surface area contributed by atoms with Gasteiger partial charge in [0.25, 0.3) is 0 Å². The molecule has 3 rings (SSSR count). The van der Waals surface area contributed by atoms with E-state index in [0.717, 1.165) is 37.9 Å². The van der Waals surface area contributed by atoms with Crippen LogP contribution in [0, 0.1) is 0 Å². The molecule has 19 heavy (non-hydrogen) atoms. The normalized spacial score (nSPS) is 20.6. The summed E-state index contributed by atoms with van der Waals surface area (Å²) in [6.45, 7) is 3.82. The Balaban J connectivity index is 1.77. The molecule has 0 unspecified atom stereocenters. The van der Waals surface area contributed by atoms with Crippen molar-refractivity contribution in [3.63, 3.8) is 0 Å². The first kappa shape index (κ1) is 12.8. The quantitative estimate of drug-likeness (QED) is 0.923. The number of halogens is 1. The Morgan fingerprint density at radius 1 is 1.21 bits per heavy atom. The molecule has 4 nitrogen and oxygen atoms in total. The number of aromatic carboxylic acids is 1. The predicted molar refractivity (Wildman–Crippen MR) is 75.2 cm³/mol. The van der Waals surface area contributed by atoms with Crippen LogP contribution in [0.15, 0.2) is 18.2 Å². The fourth-order valence-electron chi connectivity index (χ4n) is 2.72. The van der Waals surface area contributed by atoms with Crippen molar-refractivity contribution in [2.24, 2.45) is 0 Å². The van der Waals surface area contributed by atoms with Gasteiger partial charge in [-0.05, 0) is 31.0 Å². The molecule has 1 N–H and O–H groups in total. The molecule has 5 heteroatoms. The topological polar surface area (TPSA) is 43.8 Å². The van der Waals surface area contributed by atoms with Gasteiger partial charge in [-0.3, -0.25) is 4.90 Å². The van der Waals surface area contributed by atoms with Gasteiger partial charge in [-0.25, -0.2) is 4.79 Å². The number of piperazine rings is 1. The van der Waals surface area contributed by atoms with Crippen molar-refractivity contribution in [1.29, 1.82) is 0 Å². The summed E-state index contributed by atoms with van der Waals surface area (Å²) in [5.74, 6) is -0.915. The first-order valence-electron chi connectivity index (χ1n) is 6.67. The number of hydrogen-bond donors (Lipinski definition) is 1. The molecule has 1 aromatic carbocycles. The van der Waals surface area contributed by atoms with E-state index in [1.165, 1.54) is 18.9 Å². The lowest BCUT2D eigenvalue weighted by Crippen LogP contribution is -2.47. The van der Waals surface area contributed by atoms with Crippen molar-refractivity contribution in [1.82, 2.24) is 4.90 Å². The highest BCUT2D eigenvalue weighted by Gasteiger charge is 2.31. The van der Waals surface area contributed by atoms with Gasteiger partial charge in [0.15, 0.2) is 0 Å². The molecular weight excluding hydrogens is 264 g/mol. The number of benzene rings is 1. The van der Waals surface area contributed by atoms with Crippen LogP contribution in [0.2, 0.25) is 5.02 Å². The van der Waals surface area contributed by atoms with Crippen LogP contribution in [-0.2, 0) is 0 Å². The van der Waals surface area contributed by atoms with Crippen LogP contribution >= 0.6 is 11.6 Å². The zero-order valence-electron chi connectivity index (χ0n) is 10.7. The van der Waals surface area contributed by atoms with E-state index in [2.05, 4.69) is 9.80 Å². The molecule has 0 amide bonds. The van der Waals surface area contributed by atoms with Crippen molar-refractivity contribution in [3.05, 3.63) is 28.8 Å². The van der Waals surface area contributed by atoms with Crippen molar-refractivity contribution in [3.8, 4) is 0 Å². The average molecular weight is 281 g/mol. The summed E-state index contributed by atoms with van der Waals surface area (Å²) < 4.78 is 0. The third-order valence-corrected chi connectivity index (χ3v) is 4.14. The Morgan fingerprint density at radius 2 is 1.89 bits per heavy atom. The van der Waals surface area contributed by atoms with E-state index in [1.807, 2.05) is 6.07 Å². The lowest BCUT2D eigenvalue weighted by molar-refractivity contribution is 0.0697. The number of carboxylic acids is 1. The molecule has 0 radical (unpaired) electrons. The van der Waals surface area contributed by atoms with Gasteiger partial charge in [-0.2, -0.15) is 0 Å². The number of carbonyl (C=O) groups is 1. The van der Waals surface area contributed by atoms with Crippen LogP contribution in [0.4, 0.5) is 5.69 Å². The number of nitrogens with zero attached hydrogens (tertiary/aromatic N) is 2. The second kappa shape index (κ2) is 5.02. The van der Waals surface area contributed by atoms with Crippen molar-refractivity contribution in [2.75, 3.05) is 31.1 Å². The molecule has 0 spiro atoms. The molecule has 1 heterocycles. The van der Waals surface area contributed by atoms with E-state index in [1.54, 1.807) is 6.07 Å². The van der Waals surface area contributed by atoms with Crippen LogP contribution in [0.25, 0.3) is 0 Å². The lowest BCUT2D eigenvalue weighted by atomic mass is 10.1. The Hall–Kier alpha value is -1.26. The van der Waals surface area contributed by atoms with Crippen LogP contribution < -0.4 is 4.90 Å². The standard InChI is InChI=1S/C14H17ClN2O2/c15-10-1-4-13(12(9-10)14(18)19)17-7-5-16(6-8-17)11-2-3-11/h1,4,9,11H,2-3,5-8H2,(H,18,19). The third-order valence-electron chi connectivity index (χ3n) is 3.91. The molecule has 102 valence electrons. The number of rotatable bonds is 3. The van der Waals surface area contributed by atoms with Crippen LogP contribution in [-0.4, -0.2) is 48.2 Å². The molecule has 0 bridgehead atoms. The van der Waals surface area contributed by atoms with Crippen LogP contribution in [0.1, 0.15) is 23.2 Å². The molecule has 2 aliphatic rings. The van der Waals surface area contributed by atoms with Gasteiger partial charge < -0.3 is 10.0 Å². The Morgan fingerprint density at radius 3 is 2.47 bits per heavy atom. The molecule has 1 saturated heterocycles. The predicted octanol–water partition coefficient (Wildman–Crippen LogP) is 2.32. The molecule has 1 aromatic rings. The highest BCUT2D eigenvalue weighted by atomic mass is 35.5. The van der Waals surface area contributed by atoms with Gasteiger partial charge in [0.05, 0.1) is 11.3 Å². The maximum absolute atomic E-state index is 11.3. The van der Waals surface area contributed by atoms with Gasteiger partial charge >= 0.3 is 5.97 Å². The molecule has 1 aliphatic heterocycles. The average Bonchev–Trinajstić information content (AvgIpc) is 3.23. The second-order valence-corrected chi connectivity index (χ2v) is 5.66. The summed E-state index contributed by atoms with van der Waals surface area (Å²) in [7, 11) is 0. The number of carboxylic acid groups (broad SMARTS) is 1. The molecule has 1 aliphatic carbocycles. The van der Waals surface area contributed by atoms with E-state index in [-0.39, 0.29) is 0 Å². The molecule has 2 fully saturated rings. The van der Waals surface area contributed by atoms with E-state index in [0.29, 0.717) is 10.6 Å². The highest BCUT2D eigenvalue weighted by Crippen LogP contribution is 2.30. The monoisotopic (exact) mass is 280 g/mol. The van der Waals surface area contributed by atoms with Gasteiger partial charge in [0.2, 0.25) is 0 Å². The molecule has 0 aromatic heterocycles. The van der Waals surface area contributed by atoms with E-state index in [4.69, 9.17) is 11.6 Å². The van der Waals surface area contributed by atoms with E-state index < -0.39 is 5.97 Å². The largest absolute Gasteiger partial charge is 0.478 e. The summed E-state index contributed by atoms with van der Waals surface area (Å²) in [5, 5.41) is 9.75. The van der Waals surface area contributed by atoms with Gasteiger partial charge in [-0.1, -0.05) is 11.6 Å². The first-order valence-corrected chi connectivity index (χ1v) is 7.05. The summed E-state index contributed by atoms with van der Waals surface area (Å²) in [6, 6.07) is 5.90. The zero-order chi connectivity index (χ0) is 13.4. The van der Waals surface area contributed by atoms with E-state index in [9.17, 15) is 9.90 Å². The van der Waals surface area contributed by atoms with E-state index >= 15 is 0 Å². The number of anilines is 1. The minimum absolute atomic E-state index is 0.298. The lowest BCUT2D eigenvalue weighted by Gasteiger charge is -2.36. The Labute approximate surface area is 117 Å². The fraction of sp³-hybridized carbons (Fsp3) is 0.500. The Kier molecular flexibility index (Phi) is 3.37. The maximum atomic E-state index is 11.3. The van der Waals surface area contributed by atoms with Crippen molar-refractivity contribution in [2.45, 2.75) is 18.9 Å². The summed E-state index contributed by atoms with van der Waals surface area (Å²) >= 11 is 5.88. The smallest absolute Gasteiger partial charge is 0.337 e. The highest BCUT2D eigenvalue weighted by molar-refractivity contribution is 6.31. The van der Waals surface area contributed by atoms with Crippen LogP contribution in [0.3, 0.4) is 0 Å². The second-order valence-electron chi connectivity index (χ2n) is 5.22. The number of hydrogen-bond acceptors (Lipinski definition) is 3. The zero-order valence-corrected chi connectivity index (χ0v) is 11.4. The summed E-state index contributed by atoms with van der Waals surface area (Å²) in [4.78, 5) is 16.0. The van der Waals surface area contributed by atoms with Gasteiger partial charge in [0, 0.05) is 37.2 Å². The van der Waals surface area contributed by atoms with Crippen molar-refractivity contribution >= 4 is 23.3 Å². The maximum Gasteiger partial charge on any atom is 0.337 e. The van der Waals surface area contributed by atoms with Crippen LogP contribution in [0.5, 0.6) is 0 Å².